The Hall–Kier alpha value is -2.70. The van der Waals surface area contributed by atoms with Crippen molar-refractivity contribution in [2.75, 3.05) is 7.11 Å². The second-order valence-electron chi connectivity index (χ2n) is 3.93. The number of halogens is 1. The van der Waals surface area contributed by atoms with E-state index in [1.807, 2.05) is 0 Å². The number of nitrogens with zero attached hydrogens (tertiary/aromatic N) is 2. The summed E-state index contributed by atoms with van der Waals surface area (Å²) in [5.41, 5.74) is 0.398. The average Bonchev–Trinajstić information content (AvgIpc) is 2.80. The second-order valence-corrected chi connectivity index (χ2v) is 3.93. The molecule has 3 rings (SSSR count). The third kappa shape index (κ3) is 1.59. The Labute approximate surface area is 105 Å². The molecule has 3 aromatic rings. The summed E-state index contributed by atoms with van der Waals surface area (Å²) in [6, 6.07) is 4.55. The highest BCUT2D eigenvalue weighted by Gasteiger charge is 2.13. The molecule has 0 spiro atoms. The van der Waals surface area contributed by atoms with Crippen molar-refractivity contribution in [1.82, 2.24) is 14.6 Å². The van der Waals surface area contributed by atoms with E-state index in [1.54, 1.807) is 6.07 Å². The van der Waals surface area contributed by atoms with Crippen molar-refractivity contribution >= 4 is 22.5 Å². The first-order valence-electron chi connectivity index (χ1n) is 5.39. The molecule has 0 unspecified atom stereocenters. The fourth-order valence-electron chi connectivity index (χ4n) is 1.96. The molecule has 0 saturated heterocycles. The molecule has 2 heterocycles. The van der Waals surface area contributed by atoms with Gasteiger partial charge in [0.05, 0.1) is 29.9 Å². The number of benzene rings is 1. The number of H-pyrrole nitrogens is 1. The van der Waals surface area contributed by atoms with Crippen LogP contribution >= 0.6 is 0 Å². The minimum atomic E-state index is -0.694. The van der Waals surface area contributed by atoms with E-state index in [-0.39, 0.29) is 11.1 Å². The third-order valence-electron chi connectivity index (χ3n) is 2.83. The fourth-order valence-corrected chi connectivity index (χ4v) is 1.96. The van der Waals surface area contributed by atoms with Gasteiger partial charge in [-0.05, 0) is 18.2 Å². The van der Waals surface area contributed by atoms with E-state index in [1.165, 1.54) is 23.8 Å². The number of methoxy groups -OCH3 is 1. The smallest absolute Gasteiger partial charge is 0.337 e. The van der Waals surface area contributed by atoms with E-state index in [0.717, 1.165) is 6.20 Å². The van der Waals surface area contributed by atoms with Crippen molar-refractivity contribution in [2.24, 2.45) is 0 Å². The van der Waals surface area contributed by atoms with E-state index in [2.05, 4.69) is 14.8 Å². The van der Waals surface area contributed by atoms with Gasteiger partial charge < -0.3 is 9.72 Å². The molecule has 1 N–H and O–H groups in total. The van der Waals surface area contributed by atoms with Crippen LogP contribution < -0.4 is 5.56 Å². The quantitative estimate of drug-likeness (QED) is 0.665. The van der Waals surface area contributed by atoms with Crippen molar-refractivity contribution in [3.63, 3.8) is 0 Å². The van der Waals surface area contributed by atoms with E-state index < -0.39 is 17.3 Å². The van der Waals surface area contributed by atoms with Crippen LogP contribution in [0.15, 0.2) is 29.2 Å². The van der Waals surface area contributed by atoms with Crippen LogP contribution in [0.2, 0.25) is 0 Å². The van der Waals surface area contributed by atoms with Crippen LogP contribution in [-0.2, 0) is 4.74 Å². The van der Waals surface area contributed by atoms with Crippen molar-refractivity contribution in [2.45, 2.75) is 0 Å². The molecular weight excluding hydrogens is 253 g/mol. The Morgan fingerprint density at radius 1 is 1.47 bits per heavy atom. The molecule has 7 heteroatoms. The Morgan fingerprint density at radius 3 is 3.00 bits per heavy atom. The molecule has 0 aliphatic carbocycles. The van der Waals surface area contributed by atoms with E-state index in [4.69, 9.17) is 0 Å². The molecule has 19 heavy (non-hydrogen) atoms. The third-order valence-corrected chi connectivity index (χ3v) is 2.83. The summed E-state index contributed by atoms with van der Waals surface area (Å²) < 4.78 is 19.2. The van der Waals surface area contributed by atoms with Gasteiger partial charge in [-0.15, -0.1) is 0 Å². The van der Waals surface area contributed by atoms with Gasteiger partial charge in [-0.2, -0.15) is 5.10 Å². The van der Waals surface area contributed by atoms with Gasteiger partial charge in [-0.3, -0.25) is 4.79 Å². The van der Waals surface area contributed by atoms with Crippen molar-refractivity contribution < 1.29 is 13.9 Å². The van der Waals surface area contributed by atoms with Crippen LogP contribution in [0.4, 0.5) is 4.39 Å². The summed E-state index contributed by atoms with van der Waals surface area (Å²) in [4.78, 5) is 25.7. The van der Waals surface area contributed by atoms with Gasteiger partial charge in [0, 0.05) is 0 Å². The van der Waals surface area contributed by atoms with Gasteiger partial charge in [-0.25, -0.2) is 13.7 Å². The highest BCUT2D eigenvalue weighted by atomic mass is 19.1. The van der Waals surface area contributed by atoms with Crippen LogP contribution in [0.1, 0.15) is 10.4 Å². The molecular formula is C12H8FN3O3. The zero-order valence-electron chi connectivity index (χ0n) is 9.81. The maximum Gasteiger partial charge on any atom is 0.337 e. The van der Waals surface area contributed by atoms with E-state index in [0.29, 0.717) is 11.0 Å². The normalized spacial score (nSPS) is 11.1. The van der Waals surface area contributed by atoms with Crippen molar-refractivity contribution in [3.8, 4) is 0 Å². The lowest BCUT2D eigenvalue weighted by atomic mass is 10.2. The summed E-state index contributed by atoms with van der Waals surface area (Å²) in [7, 11) is 1.27. The van der Waals surface area contributed by atoms with Gasteiger partial charge >= 0.3 is 5.97 Å². The molecule has 6 nitrogen and oxygen atoms in total. The number of ether oxygens (including phenoxy) is 1. The largest absolute Gasteiger partial charge is 0.465 e. The van der Waals surface area contributed by atoms with Crippen molar-refractivity contribution in [3.05, 3.63) is 46.1 Å². The van der Waals surface area contributed by atoms with Gasteiger partial charge in [0.15, 0.2) is 11.3 Å². The maximum atomic E-state index is 13.4. The van der Waals surface area contributed by atoms with Gasteiger partial charge in [-0.1, -0.05) is 0 Å². The molecule has 0 aliphatic rings. The number of carbonyl (C=O) groups is 1. The molecule has 0 aliphatic heterocycles. The molecule has 1 aromatic carbocycles. The lowest BCUT2D eigenvalue weighted by Crippen LogP contribution is -2.12. The minimum absolute atomic E-state index is 0.154. The van der Waals surface area contributed by atoms with Crippen LogP contribution in [0.25, 0.3) is 16.6 Å². The fraction of sp³-hybridized carbons (Fsp3) is 0.0833. The number of esters is 1. The SMILES string of the molecule is COC(=O)c1ccc2c(c1)[nH]c(=O)c1c(F)cnn12. The Balaban J connectivity index is 2.40. The number of hydrogen-bond donors (Lipinski definition) is 1. The molecule has 0 amide bonds. The number of hydrogen-bond acceptors (Lipinski definition) is 4. The maximum absolute atomic E-state index is 13.4. The predicted molar refractivity (Wildman–Crippen MR) is 64.6 cm³/mol. The van der Waals surface area contributed by atoms with Crippen LogP contribution in [0.5, 0.6) is 0 Å². The van der Waals surface area contributed by atoms with Crippen LogP contribution in [0.3, 0.4) is 0 Å². The second kappa shape index (κ2) is 3.91. The zero-order chi connectivity index (χ0) is 13.6. The first kappa shape index (κ1) is 11.4. The summed E-state index contributed by atoms with van der Waals surface area (Å²) in [6.07, 6.45) is 0.970. The topological polar surface area (TPSA) is 76.5 Å². The van der Waals surface area contributed by atoms with E-state index in [9.17, 15) is 14.0 Å². The number of nitrogens with one attached hydrogen (secondary N) is 1. The standard InChI is InChI=1S/C12H8FN3O3/c1-19-12(18)6-2-3-9-8(4-6)15-11(17)10-7(13)5-14-16(9)10/h2-5H,1H3,(H,15,17). The summed E-state index contributed by atoms with van der Waals surface area (Å²) in [6.45, 7) is 0. The number of carbonyl (C=O) groups excluding carboxylic acids is 1. The number of fused-ring (bicyclic) bond motifs is 3. The van der Waals surface area contributed by atoms with Gasteiger partial charge in [0.2, 0.25) is 0 Å². The highest BCUT2D eigenvalue weighted by Crippen LogP contribution is 2.15. The van der Waals surface area contributed by atoms with Crippen LogP contribution in [-0.4, -0.2) is 27.7 Å². The van der Waals surface area contributed by atoms with E-state index >= 15 is 0 Å². The molecule has 0 saturated carbocycles. The Bertz CT molecular complexity index is 866. The monoisotopic (exact) mass is 261 g/mol. The Morgan fingerprint density at radius 2 is 2.26 bits per heavy atom. The van der Waals surface area contributed by atoms with Gasteiger partial charge in [0.25, 0.3) is 5.56 Å². The zero-order valence-corrected chi connectivity index (χ0v) is 9.81. The lowest BCUT2D eigenvalue weighted by molar-refractivity contribution is 0.0601. The molecule has 0 atom stereocenters. The minimum Gasteiger partial charge on any atom is -0.465 e. The lowest BCUT2D eigenvalue weighted by Gasteiger charge is -2.03. The summed E-state index contributed by atoms with van der Waals surface area (Å²) >= 11 is 0. The number of aromatic nitrogens is 3. The predicted octanol–water partition coefficient (Wildman–Crippen LogP) is 1.10. The van der Waals surface area contributed by atoms with Crippen molar-refractivity contribution in [1.29, 1.82) is 0 Å². The first-order chi connectivity index (χ1) is 9.11. The number of aromatic amines is 1. The van der Waals surface area contributed by atoms with Crippen LogP contribution in [0, 0.1) is 5.82 Å². The van der Waals surface area contributed by atoms with Gasteiger partial charge in [0.1, 0.15) is 0 Å². The summed E-state index contributed by atoms with van der Waals surface area (Å²) in [5.74, 6) is -1.21. The molecule has 2 aromatic heterocycles. The highest BCUT2D eigenvalue weighted by molar-refractivity contribution is 5.93. The molecule has 0 bridgehead atoms. The molecule has 96 valence electrons. The number of rotatable bonds is 1. The average molecular weight is 261 g/mol. The first-order valence-corrected chi connectivity index (χ1v) is 5.39. The summed E-state index contributed by atoms with van der Waals surface area (Å²) in [5, 5.41) is 3.81. The Kier molecular flexibility index (Phi) is 2.34. The molecule has 0 radical (unpaired) electrons. The molecule has 0 fully saturated rings.